The van der Waals surface area contributed by atoms with Crippen LogP contribution in [-0.4, -0.2) is 32.7 Å². The van der Waals surface area contributed by atoms with Gasteiger partial charge in [0.1, 0.15) is 0 Å². The molecule has 4 nitrogen and oxygen atoms in total. The van der Waals surface area contributed by atoms with Crippen LogP contribution in [0.2, 0.25) is 5.02 Å². The van der Waals surface area contributed by atoms with Crippen LogP contribution in [-0.2, 0) is 16.1 Å². The molecule has 0 spiro atoms. The number of ether oxygens (including phenoxy) is 1. The number of rotatable bonds is 7. The van der Waals surface area contributed by atoms with Crippen LogP contribution in [0.3, 0.4) is 0 Å². The third-order valence-corrected chi connectivity index (χ3v) is 3.10. The normalized spacial score (nSPS) is 10.4. The molecular weight excluding hydrogens is 320 g/mol. The zero-order valence-electron chi connectivity index (χ0n) is 10.1. The maximum absolute atomic E-state index is 11.5. The number of benzene rings is 1. The first-order valence-electron chi connectivity index (χ1n) is 5.53. The summed E-state index contributed by atoms with van der Waals surface area (Å²) >= 11 is 9.38. The Labute approximate surface area is 120 Å². The smallest absolute Gasteiger partial charge is 0.234 e. The Morgan fingerprint density at radius 2 is 2.28 bits per heavy atom. The summed E-state index contributed by atoms with van der Waals surface area (Å²) in [5.41, 5.74) is 0.894. The van der Waals surface area contributed by atoms with Crippen molar-refractivity contribution in [2.24, 2.45) is 0 Å². The van der Waals surface area contributed by atoms with Gasteiger partial charge in [-0.3, -0.25) is 4.79 Å². The van der Waals surface area contributed by atoms with E-state index in [-0.39, 0.29) is 12.5 Å². The average Bonchev–Trinajstić information content (AvgIpc) is 2.33. The van der Waals surface area contributed by atoms with Crippen LogP contribution in [0.4, 0.5) is 0 Å². The molecule has 0 aliphatic rings. The van der Waals surface area contributed by atoms with E-state index in [0.717, 1.165) is 10.0 Å². The highest BCUT2D eigenvalue weighted by atomic mass is 79.9. The van der Waals surface area contributed by atoms with Gasteiger partial charge in [-0.25, -0.2) is 0 Å². The van der Waals surface area contributed by atoms with Gasteiger partial charge < -0.3 is 15.4 Å². The van der Waals surface area contributed by atoms with E-state index in [9.17, 15) is 4.79 Å². The Kier molecular flexibility index (Phi) is 7.27. The Balaban J connectivity index is 2.29. The van der Waals surface area contributed by atoms with E-state index in [1.807, 2.05) is 12.1 Å². The molecule has 0 saturated carbocycles. The van der Waals surface area contributed by atoms with E-state index in [1.165, 1.54) is 0 Å². The molecular formula is C12H16BrClN2O2. The van der Waals surface area contributed by atoms with Crippen molar-refractivity contribution >= 4 is 33.4 Å². The minimum Gasteiger partial charge on any atom is -0.383 e. The van der Waals surface area contributed by atoms with Crippen molar-refractivity contribution in [2.45, 2.75) is 6.54 Å². The largest absolute Gasteiger partial charge is 0.383 e. The predicted molar refractivity (Wildman–Crippen MR) is 75.7 cm³/mol. The maximum Gasteiger partial charge on any atom is 0.234 e. The molecule has 1 rings (SSSR count). The second-order valence-electron chi connectivity index (χ2n) is 3.68. The molecule has 100 valence electrons. The second kappa shape index (κ2) is 8.48. The Morgan fingerprint density at radius 1 is 1.50 bits per heavy atom. The molecule has 0 unspecified atom stereocenters. The Hall–Kier alpha value is -0.620. The van der Waals surface area contributed by atoms with Crippen molar-refractivity contribution in [2.75, 3.05) is 26.8 Å². The maximum atomic E-state index is 11.5. The summed E-state index contributed by atoms with van der Waals surface area (Å²) < 4.78 is 5.78. The first-order valence-corrected chi connectivity index (χ1v) is 6.71. The molecule has 0 bridgehead atoms. The fourth-order valence-corrected chi connectivity index (χ4v) is 2.04. The van der Waals surface area contributed by atoms with E-state index >= 15 is 0 Å². The van der Waals surface area contributed by atoms with Gasteiger partial charge in [-0.15, -0.1) is 0 Å². The molecule has 0 heterocycles. The summed E-state index contributed by atoms with van der Waals surface area (Å²) in [5, 5.41) is 6.40. The Bertz CT molecular complexity index is 402. The summed E-state index contributed by atoms with van der Waals surface area (Å²) in [6.07, 6.45) is 0. The van der Waals surface area contributed by atoms with Crippen LogP contribution in [0.25, 0.3) is 0 Å². The SMILES string of the molecule is COCCNCC(=O)NCc1ccc(Br)cc1Cl. The molecule has 2 N–H and O–H groups in total. The summed E-state index contributed by atoms with van der Waals surface area (Å²) in [4.78, 5) is 11.5. The first-order chi connectivity index (χ1) is 8.63. The number of halogens is 2. The fraction of sp³-hybridized carbons (Fsp3) is 0.417. The standard InChI is InChI=1S/C12H16BrClN2O2/c1-18-5-4-15-8-12(17)16-7-9-2-3-10(13)6-11(9)14/h2-3,6,15H,4-5,7-8H2,1H3,(H,16,17). The number of hydrogen-bond donors (Lipinski definition) is 2. The van der Waals surface area contributed by atoms with Gasteiger partial charge >= 0.3 is 0 Å². The third kappa shape index (κ3) is 5.82. The molecule has 0 aromatic heterocycles. The molecule has 0 atom stereocenters. The lowest BCUT2D eigenvalue weighted by Crippen LogP contribution is -2.34. The summed E-state index contributed by atoms with van der Waals surface area (Å²) in [6, 6.07) is 5.58. The van der Waals surface area contributed by atoms with Crippen molar-refractivity contribution in [1.29, 1.82) is 0 Å². The van der Waals surface area contributed by atoms with Crippen LogP contribution in [0.15, 0.2) is 22.7 Å². The highest BCUT2D eigenvalue weighted by Crippen LogP contribution is 2.20. The lowest BCUT2D eigenvalue weighted by atomic mass is 10.2. The van der Waals surface area contributed by atoms with Gasteiger partial charge in [0, 0.05) is 29.7 Å². The van der Waals surface area contributed by atoms with E-state index in [2.05, 4.69) is 26.6 Å². The van der Waals surface area contributed by atoms with Crippen LogP contribution >= 0.6 is 27.5 Å². The van der Waals surface area contributed by atoms with Gasteiger partial charge in [0.2, 0.25) is 5.91 Å². The molecule has 0 saturated heterocycles. The molecule has 6 heteroatoms. The lowest BCUT2D eigenvalue weighted by molar-refractivity contribution is -0.120. The van der Waals surface area contributed by atoms with Gasteiger partial charge in [-0.05, 0) is 17.7 Å². The minimum absolute atomic E-state index is 0.0647. The Morgan fingerprint density at radius 3 is 2.94 bits per heavy atom. The average molecular weight is 336 g/mol. The summed E-state index contributed by atoms with van der Waals surface area (Å²) in [7, 11) is 1.62. The molecule has 1 aromatic rings. The van der Waals surface area contributed by atoms with Crippen molar-refractivity contribution in [1.82, 2.24) is 10.6 Å². The van der Waals surface area contributed by atoms with Crippen molar-refractivity contribution in [3.05, 3.63) is 33.3 Å². The monoisotopic (exact) mass is 334 g/mol. The molecule has 0 fully saturated rings. The highest BCUT2D eigenvalue weighted by Gasteiger charge is 2.04. The van der Waals surface area contributed by atoms with Crippen LogP contribution in [0.5, 0.6) is 0 Å². The number of nitrogens with one attached hydrogen (secondary N) is 2. The lowest BCUT2D eigenvalue weighted by Gasteiger charge is -2.08. The summed E-state index contributed by atoms with van der Waals surface area (Å²) in [6.45, 7) is 1.95. The molecule has 1 amide bonds. The van der Waals surface area contributed by atoms with Gasteiger partial charge in [0.25, 0.3) is 0 Å². The number of methoxy groups -OCH3 is 1. The van der Waals surface area contributed by atoms with Crippen molar-refractivity contribution < 1.29 is 9.53 Å². The van der Waals surface area contributed by atoms with E-state index < -0.39 is 0 Å². The third-order valence-electron chi connectivity index (χ3n) is 2.26. The van der Waals surface area contributed by atoms with Crippen LogP contribution in [0.1, 0.15) is 5.56 Å². The van der Waals surface area contributed by atoms with Crippen LogP contribution < -0.4 is 10.6 Å². The van der Waals surface area contributed by atoms with E-state index in [1.54, 1.807) is 13.2 Å². The van der Waals surface area contributed by atoms with Crippen molar-refractivity contribution in [3.8, 4) is 0 Å². The zero-order valence-corrected chi connectivity index (χ0v) is 12.5. The van der Waals surface area contributed by atoms with Crippen molar-refractivity contribution in [3.63, 3.8) is 0 Å². The number of hydrogen-bond acceptors (Lipinski definition) is 3. The van der Waals surface area contributed by atoms with Gasteiger partial charge in [0.15, 0.2) is 0 Å². The second-order valence-corrected chi connectivity index (χ2v) is 5.00. The minimum atomic E-state index is -0.0647. The van der Waals surface area contributed by atoms with E-state index in [0.29, 0.717) is 24.7 Å². The highest BCUT2D eigenvalue weighted by molar-refractivity contribution is 9.10. The number of carbonyl (C=O) groups is 1. The number of amides is 1. The molecule has 18 heavy (non-hydrogen) atoms. The summed E-state index contributed by atoms with van der Waals surface area (Å²) in [5.74, 6) is -0.0647. The predicted octanol–water partition coefficient (Wildman–Crippen LogP) is 1.95. The molecule has 1 aromatic carbocycles. The van der Waals surface area contributed by atoms with Gasteiger partial charge in [-0.2, -0.15) is 0 Å². The van der Waals surface area contributed by atoms with Gasteiger partial charge in [0.05, 0.1) is 13.2 Å². The zero-order chi connectivity index (χ0) is 13.4. The topological polar surface area (TPSA) is 50.4 Å². The number of carbonyl (C=O) groups excluding carboxylic acids is 1. The fourth-order valence-electron chi connectivity index (χ4n) is 1.30. The molecule has 0 aliphatic heterocycles. The molecule has 0 radical (unpaired) electrons. The van der Waals surface area contributed by atoms with Crippen LogP contribution in [0, 0.1) is 0 Å². The quantitative estimate of drug-likeness (QED) is 0.749. The van der Waals surface area contributed by atoms with E-state index in [4.69, 9.17) is 16.3 Å². The van der Waals surface area contributed by atoms with Gasteiger partial charge in [-0.1, -0.05) is 33.6 Å². The first kappa shape index (κ1) is 15.4. The molecule has 0 aliphatic carbocycles.